The molecule has 1 heterocycles. The zero-order valence-corrected chi connectivity index (χ0v) is 10.4. The van der Waals surface area contributed by atoms with Crippen molar-refractivity contribution in [2.24, 2.45) is 0 Å². The second-order valence-corrected chi connectivity index (χ2v) is 4.77. The number of hydrogen-bond donors (Lipinski definition) is 1. The molecule has 1 aromatic heterocycles. The standard InChI is InChI=1S/C11H12BrNO3/c1-16-10(15)9(14)11(4-5-11)8-7(12)3-2-6-13-8/h2-3,6,9,14H,4-5H2,1H3. The number of aliphatic hydroxyl groups excluding tert-OH is 1. The molecule has 0 aliphatic heterocycles. The average molecular weight is 286 g/mol. The van der Waals surface area contributed by atoms with E-state index < -0.39 is 17.5 Å². The third-order valence-electron chi connectivity index (χ3n) is 2.97. The van der Waals surface area contributed by atoms with E-state index >= 15 is 0 Å². The van der Waals surface area contributed by atoms with Crippen LogP contribution in [0.5, 0.6) is 0 Å². The van der Waals surface area contributed by atoms with Crippen molar-refractivity contribution < 1.29 is 14.6 Å². The first-order valence-corrected chi connectivity index (χ1v) is 5.78. The summed E-state index contributed by atoms with van der Waals surface area (Å²) >= 11 is 3.39. The molecular weight excluding hydrogens is 274 g/mol. The number of carbonyl (C=O) groups is 1. The molecule has 0 aromatic carbocycles. The lowest BCUT2D eigenvalue weighted by Crippen LogP contribution is -2.35. The van der Waals surface area contributed by atoms with Gasteiger partial charge >= 0.3 is 5.97 Å². The van der Waals surface area contributed by atoms with Crippen LogP contribution in [0.25, 0.3) is 0 Å². The van der Waals surface area contributed by atoms with Crippen molar-refractivity contribution in [2.45, 2.75) is 24.4 Å². The minimum atomic E-state index is -1.14. The number of halogens is 1. The quantitative estimate of drug-likeness (QED) is 0.853. The number of ether oxygens (including phenoxy) is 1. The van der Waals surface area contributed by atoms with Gasteiger partial charge in [-0.05, 0) is 40.9 Å². The molecule has 0 radical (unpaired) electrons. The minimum absolute atomic E-state index is 0.562. The number of hydrogen-bond acceptors (Lipinski definition) is 4. The van der Waals surface area contributed by atoms with Gasteiger partial charge in [-0.3, -0.25) is 4.98 Å². The van der Waals surface area contributed by atoms with Crippen LogP contribution in [-0.4, -0.2) is 29.3 Å². The molecule has 5 heteroatoms. The third kappa shape index (κ3) is 1.74. The average Bonchev–Trinajstić information content (AvgIpc) is 3.09. The molecule has 1 fully saturated rings. The normalized spacial score (nSPS) is 18.9. The van der Waals surface area contributed by atoms with Crippen LogP contribution >= 0.6 is 15.9 Å². The first-order chi connectivity index (χ1) is 7.62. The lowest BCUT2D eigenvalue weighted by molar-refractivity contribution is -0.152. The Morgan fingerprint density at radius 3 is 2.88 bits per heavy atom. The van der Waals surface area contributed by atoms with E-state index in [1.807, 2.05) is 6.07 Å². The van der Waals surface area contributed by atoms with Gasteiger partial charge in [-0.2, -0.15) is 0 Å². The lowest BCUT2D eigenvalue weighted by atomic mass is 9.94. The topological polar surface area (TPSA) is 59.4 Å². The molecule has 1 aliphatic rings. The van der Waals surface area contributed by atoms with E-state index in [9.17, 15) is 9.90 Å². The maximum Gasteiger partial charge on any atom is 0.335 e. The van der Waals surface area contributed by atoms with Crippen LogP contribution in [0.3, 0.4) is 0 Å². The summed E-state index contributed by atoms with van der Waals surface area (Å²) in [6.07, 6.45) is 2.02. The van der Waals surface area contributed by atoms with Gasteiger partial charge in [-0.15, -0.1) is 0 Å². The predicted octanol–water partition coefficient (Wildman–Crippen LogP) is 1.41. The second-order valence-electron chi connectivity index (χ2n) is 3.92. The molecule has 0 saturated heterocycles. The fourth-order valence-corrected chi connectivity index (χ4v) is 2.51. The summed E-state index contributed by atoms with van der Waals surface area (Å²) < 4.78 is 5.38. The Balaban J connectivity index is 2.33. The highest BCUT2D eigenvalue weighted by molar-refractivity contribution is 9.10. The largest absolute Gasteiger partial charge is 0.467 e. The van der Waals surface area contributed by atoms with E-state index in [4.69, 9.17) is 0 Å². The Labute approximate surface area is 102 Å². The predicted molar refractivity (Wildman–Crippen MR) is 60.9 cm³/mol. The number of nitrogens with zero attached hydrogens (tertiary/aromatic N) is 1. The lowest BCUT2D eigenvalue weighted by Gasteiger charge is -2.20. The van der Waals surface area contributed by atoms with Gasteiger partial charge in [0.2, 0.25) is 0 Å². The van der Waals surface area contributed by atoms with E-state index in [1.165, 1.54) is 7.11 Å². The van der Waals surface area contributed by atoms with E-state index in [0.29, 0.717) is 0 Å². The number of carbonyl (C=O) groups excluding carboxylic acids is 1. The van der Waals surface area contributed by atoms with Gasteiger partial charge in [0.15, 0.2) is 6.10 Å². The molecule has 0 bridgehead atoms. The van der Waals surface area contributed by atoms with Crippen LogP contribution in [-0.2, 0) is 14.9 Å². The van der Waals surface area contributed by atoms with Crippen molar-refractivity contribution in [3.05, 3.63) is 28.5 Å². The van der Waals surface area contributed by atoms with E-state index in [0.717, 1.165) is 23.0 Å². The van der Waals surface area contributed by atoms with Gasteiger partial charge in [0.05, 0.1) is 18.2 Å². The summed E-state index contributed by atoms with van der Waals surface area (Å²) in [6.45, 7) is 0. The molecule has 4 nitrogen and oxygen atoms in total. The molecule has 1 aliphatic carbocycles. The number of aromatic nitrogens is 1. The molecule has 86 valence electrons. The van der Waals surface area contributed by atoms with Crippen LogP contribution < -0.4 is 0 Å². The monoisotopic (exact) mass is 285 g/mol. The molecule has 1 unspecified atom stereocenters. The SMILES string of the molecule is COC(=O)C(O)C1(c2ncccc2Br)CC1. The second kappa shape index (κ2) is 4.14. The Morgan fingerprint density at radius 1 is 1.69 bits per heavy atom. The third-order valence-corrected chi connectivity index (χ3v) is 3.61. The number of esters is 1. The van der Waals surface area contributed by atoms with Crippen LogP contribution in [0.4, 0.5) is 0 Å². The van der Waals surface area contributed by atoms with Gasteiger partial charge in [-0.1, -0.05) is 0 Å². The van der Waals surface area contributed by atoms with Gasteiger partial charge in [0.1, 0.15) is 0 Å². The maximum absolute atomic E-state index is 11.4. The zero-order chi connectivity index (χ0) is 11.8. The Bertz CT molecular complexity index is 417. The van der Waals surface area contributed by atoms with Crippen LogP contribution in [0.15, 0.2) is 22.8 Å². The van der Waals surface area contributed by atoms with Crippen molar-refractivity contribution in [3.63, 3.8) is 0 Å². The molecule has 2 rings (SSSR count). The molecule has 1 saturated carbocycles. The number of methoxy groups -OCH3 is 1. The minimum Gasteiger partial charge on any atom is -0.467 e. The number of rotatable bonds is 3. The van der Waals surface area contributed by atoms with Gasteiger partial charge < -0.3 is 9.84 Å². The fraction of sp³-hybridized carbons (Fsp3) is 0.455. The summed E-state index contributed by atoms with van der Waals surface area (Å²) in [4.78, 5) is 15.6. The van der Waals surface area contributed by atoms with Crippen molar-refractivity contribution in [1.82, 2.24) is 4.98 Å². The molecule has 0 amide bonds. The van der Waals surface area contributed by atoms with E-state index in [2.05, 4.69) is 25.7 Å². The Hall–Kier alpha value is -0.940. The Morgan fingerprint density at radius 2 is 2.38 bits per heavy atom. The zero-order valence-electron chi connectivity index (χ0n) is 8.81. The smallest absolute Gasteiger partial charge is 0.335 e. The molecule has 1 atom stereocenters. The summed E-state index contributed by atoms with van der Waals surface area (Å²) in [5.41, 5.74) is 0.167. The maximum atomic E-state index is 11.4. The van der Waals surface area contributed by atoms with Crippen molar-refractivity contribution in [1.29, 1.82) is 0 Å². The van der Waals surface area contributed by atoms with E-state index in [1.54, 1.807) is 12.3 Å². The summed E-state index contributed by atoms with van der Waals surface area (Å²) in [6, 6.07) is 3.65. The molecule has 0 spiro atoms. The summed E-state index contributed by atoms with van der Waals surface area (Å²) in [5, 5.41) is 9.95. The molecule has 1 aromatic rings. The highest BCUT2D eigenvalue weighted by Gasteiger charge is 2.55. The van der Waals surface area contributed by atoms with Crippen molar-refractivity contribution >= 4 is 21.9 Å². The Kier molecular flexibility index (Phi) is 2.99. The molecule has 16 heavy (non-hydrogen) atoms. The highest BCUT2D eigenvalue weighted by Crippen LogP contribution is 2.52. The van der Waals surface area contributed by atoms with E-state index in [-0.39, 0.29) is 0 Å². The molecule has 1 N–H and O–H groups in total. The summed E-state index contributed by atoms with van der Waals surface area (Å²) in [7, 11) is 1.27. The first kappa shape index (κ1) is 11.5. The molecular formula is C11H12BrNO3. The van der Waals surface area contributed by atoms with Crippen molar-refractivity contribution in [2.75, 3.05) is 7.11 Å². The van der Waals surface area contributed by atoms with Crippen LogP contribution in [0.2, 0.25) is 0 Å². The fourth-order valence-electron chi connectivity index (χ4n) is 1.86. The number of pyridine rings is 1. The van der Waals surface area contributed by atoms with Gasteiger partial charge in [0.25, 0.3) is 0 Å². The van der Waals surface area contributed by atoms with Crippen molar-refractivity contribution in [3.8, 4) is 0 Å². The first-order valence-electron chi connectivity index (χ1n) is 4.99. The highest BCUT2D eigenvalue weighted by atomic mass is 79.9. The van der Waals surface area contributed by atoms with Crippen LogP contribution in [0.1, 0.15) is 18.5 Å². The summed E-state index contributed by atoms with van der Waals surface area (Å²) in [5.74, 6) is -0.602. The van der Waals surface area contributed by atoms with Gasteiger partial charge in [-0.25, -0.2) is 4.79 Å². The number of aliphatic hydroxyl groups is 1. The van der Waals surface area contributed by atoms with Crippen LogP contribution in [0, 0.1) is 0 Å². The van der Waals surface area contributed by atoms with Gasteiger partial charge in [0, 0.05) is 10.7 Å².